The highest BCUT2D eigenvalue weighted by Crippen LogP contribution is 2.22. The van der Waals surface area contributed by atoms with Crippen molar-refractivity contribution < 1.29 is 0 Å². The van der Waals surface area contributed by atoms with Crippen molar-refractivity contribution in [3.8, 4) is 0 Å². The predicted octanol–water partition coefficient (Wildman–Crippen LogP) is 3.14. The third kappa shape index (κ3) is 2.99. The smallest absolute Gasteiger partial charge is 0.133 e. The third-order valence-electron chi connectivity index (χ3n) is 2.68. The zero-order chi connectivity index (χ0) is 13.1. The first-order chi connectivity index (χ1) is 8.60. The summed E-state index contributed by atoms with van der Waals surface area (Å²) < 4.78 is 0. The van der Waals surface area contributed by atoms with Crippen LogP contribution in [0.5, 0.6) is 0 Å². The molecule has 94 valence electrons. The fraction of sp³-hybridized carbons (Fsp3) is 0.231. The highest BCUT2D eigenvalue weighted by atomic mass is 35.5. The van der Waals surface area contributed by atoms with Gasteiger partial charge in [-0.15, -0.1) is 0 Å². The summed E-state index contributed by atoms with van der Waals surface area (Å²) in [7, 11) is 0. The average molecular weight is 282 g/mol. The van der Waals surface area contributed by atoms with E-state index in [2.05, 4.69) is 9.97 Å². The summed E-state index contributed by atoms with van der Waals surface area (Å²) in [6, 6.07) is 5.41. The molecule has 18 heavy (non-hydrogen) atoms. The first-order valence-electron chi connectivity index (χ1n) is 5.55. The summed E-state index contributed by atoms with van der Waals surface area (Å²) in [5.41, 5.74) is 8.45. The average Bonchev–Trinajstić information content (AvgIpc) is 2.35. The van der Waals surface area contributed by atoms with Gasteiger partial charge in [0.25, 0.3) is 0 Å². The molecule has 0 spiro atoms. The zero-order valence-electron chi connectivity index (χ0n) is 9.95. The summed E-state index contributed by atoms with van der Waals surface area (Å²) >= 11 is 12.0. The second kappa shape index (κ2) is 5.65. The summed E-state index contributed by atoms with van der Waals surface area (Å²) in [6.07, 6.45) is 2.36. The molecule has 0 saturated heterocycles. The molecule has 5 heteroatoms. The normalized spacial score (nSPS) is 10.7. The van der Waals surface area contributed by atoms with E-state index in [0.717, 1.165) is 16.8 Å². The van der Waals surface area contributed by atoms with Crippen LogP contribution in [-0.4, -0.2) is 9.97 Å². The monoisotopic (exact) mass is 281 g/mol. The Labute approximate surface area is 116 Å². The SMILES string of the molecule is Cc1cnc(Cc2ccc(Cl)cc2Cl)nc1CN. The summed E-state index contributed by atoms with van der Waals surface area (Å²) in [4.78, 5) is 8.71. The van der Waals surface area contributed by atoms with E-state index in [1.54, 1.807) is 18.3 Å². The van der Waals surface area contributed by atoms with Crippen molar-refractivity contribution in [1.82, 2.24) is 9.97 Å². The van der Waals surface area contributed by atoms with Gasteiger partial charge in [0, 0.05) is 29.2 Å². The van der Waals surface area contributed by atoms with Gasteiger partial charge in [-0.2, -0.15) is 0 Å². The van der Waals surface area contributed by atoms with Crippen LogP contribution in [0.2, 0.25) is 10.0 Å². The molecule has 1 aromatic heterocycles. The Morgan fingerprint density at radius 2 is 2.06 bits per heavy atom. The summed E-state index contributed by atoms with van der Waals surface area (Å²) in [5, 5.41) is 1.25. The standard InChI is InChI=1S/C13H13Cl2N3/c1-8-7-17-13(18-12(8)6-16)4-9-2-3-10(14)5-11(9)15/h2-3,5,7H,4,6,16H2,1H3. The maximum absolute atomic E-state index is 6.12. The fourth-order valence-corrected chi connectivity index (χ4v) is 2.12. The van der Waals surface area contributed by atoms with Crippen molar-refractivity contribution in [3.05, 3.63) is 57.1 Å². The molecule has 0 fully saturated rings. The first kappa shape index (κ1) is 13.3. The van der Waals surface area contributed by atoms with E-state index in [1.165, 1.54) is 0 Å². The number of nitrogens with zero attached hydrogens (tertiary/aromatic N) is 2. The van der Waals surface area contributed by atoms with E-state index in [-0.39, 0.29) is 0 Å². The molecule has 0 radical (unpaired) electrons. The van der Waals surface area contributed by atoms with Crippen LogP contribution in [0, 0.1) is 6.92 Å². The number of rotatable bonds is 3. The Bertz CT molecular complexity index is 570. The second-order valence-electron chi connectivity index (χ2n) is 4.03. The summed E-state index contributed by atoms with van der Waals surface area (Å²) in [5.74, 6) is 0.713. The van der Waals surface area contributed by atoms with Gasteiger partial charge >= 0.3 is 0 Å². The van der Waals surface area contributed by atoms with Crippen LogP contribution < -0.4 is 5.73 Å². The Morgan fingerprint density at radius 3 is 2.72 bits per heavy atom. The van der Waals surface area contributed by atoms with Gasteiger partial charge in [0.15, 0.2) is 0 Å². The maximum Gasteiger partial charge on any atom is 0.133 e. The number of nitrogens with two attached hydrogens (primary N) is 1. The Hall–Kier alpha value is -1.16. The van der Waals surface area contributed by atoms with Crippen LogP contribution in [0.3, 0.4) is 0 Å². The lowest BCUT2D eigenvalue weighted by molar-refractivity contribution is 0.874. The quantitative estimate of drug-likeness (QED) is 0.940. The molecule has 0 aliphatic rings. The maximum atomic E-state index is 6.12. The minimum absolute atomic E-state index is 0.412. The van der Waals surface area contributed by atoms with Crippen LogP contribution in [0.4, 0.5) is 0 Å². The van der Waals surface area contributed by atoms with Crippen molar-refractivity contribution >= 4 is 23.2 Å². The van der Waals surface area contributed by atoms with Crippen molar-refractivity contribution in [1.29, 1.82) is 0 Å². The van der Waals surface area contributed by atoms with Crippen molar-refractivity contribution in [2.24, 2.45) is 5.73 Å². The lowest BCUT2D eigenvalue weighted by atomic mass is 10.1. The lowest BCUT2D eigenvalue weighted by Gasteiger charge is -2.07. The molecule has 0 bridgehead atoms. The molecular formula is C13H13Cl2N3. The molecule has 1 aromatic carbocycles. The topological polar surface area (TPSA) is 51.8 Å². The van der Waals surface area contributed by atoms with Gasteiger partial charge in [-0.3, -0.25) is 0 Å². The molecule has 0 atom stereocenters. The van der Waals surface area contributed by atoms with Crippen molar-refractivity contribution in [2.75, 3.05) is 0 Å². The van der Waals surface area contributed by atoms with Crippen molar-refractivity contribution in [3.63, 3.8) is 0 Å². The molecule has 2 rings (SSSR count). The highest BCUT2D eigenvalue weighted by Gasteiger charge is 2.07. The number of aryl methyl sites for hydroxylation is 1. The van der Waals surface area contributed by atoms with Crippen LogP contribution in [0.15, 0.2) is 24.4 Å². The fourth-order valence-electron chi connectivity index (χ4n) is 1.65. The van der Waals surface area contributed by atoms with Gasteiger partial charge in [-0.05, 0) is 30.2 Å². The Kier molecular flexibility index (Phi) is 4.17. The molecule has 0 unspecified atom stereocenters. The zero-order valence-corrected chi connectivity index (χ0v) is 11.5. The van der Waals surface area contributed by atoms with Gasteiger partial charge in [0.05, 0.1) is 5.69 Å². The molecule has 2 aromatic rings. The lowest BCUT2D eigenvalue weighted by Crippen LogP contribution is -2.07. The van der Waals surface area contributed by atoms with E-state index in [0.29, 0.717) is 28.8 Å². The molecular weight excluding hydrogens is 269 g/mol. The van der Waals surface area contributed by atoms with E-state index in [4.69, 9.17) is 28.9 Å². The third-order valence-corrected chi connectivity index (χ3v) is 3.27. The molecule has 0 aliphatic carbocycles. The van der Waals surface area contributed by atoms with E-state index in [9.17, 15) is 0 Å². The van der Waals surface area contributed by atoms with Gasteiger partial charge in [-0.1, -0.05) is 29.3 Å². The van der Waals surface area contributed by atoms with Crippen molar-refractivity contribution in [2.45, 2.75) is 19.9 Å². The number of benzene rings is 1. The van der Waals surface area contributed by atoms with Crippen LogP contribution in [0.25, 0.3) is 0 Å². The summed E-state index contributed by atoms with van der Waals surface area (Å²) in [6.45, 7) is 2.36. The minimum Gasteiger partial charge on any atom is -0.325 e. The Balaban J connectivity index is 2.28. The number of aromatic nitrogens is 2. The first-order valence-corrected chi connectivity index (χ1v) is 6.31. The number of hydrogen-bond acceptors (Lipinski definition) is 3. The van der Waals surface area contributed by atoms with Gasteiger partial charge in [-0.25, -0.2) is 9.97 Å². The highest BCUT2D eigenvalue weighted by molar-refractivity contribution is 6.35. The molecule has 0 amide bonds. The molecule has 1 heterocycles. The van der Waals surface area contributed by atoms with E-state index >= 15 is 0 Å². The molecule has 0 aliphatic heterocycles. The minimum atomic E-state index is 0.412. The van der Waals surface area contributed by atoms with E-state index in [1.807, 2.05) is 13.0 Å². The predicted molar refractivity (Wildman–Crippen MR) is 73.9 cm³/mol. The van der Waals surface area contributed by atoms with Crippen LogP contribution in [0.1, 0.15) is 22.6 Å². The Morgan fingerprint density at radius 1 is 1.28 bits per heavy atom. The van der Waals surface area contributed by atoms with Gasteiger partial charge < -0.3 is 5.73 Å². The number of hydrogen-bond donors (Lipinski definition) is 1. The number of halogens is 2. The molecule has 3 nitrogen and oxygen atoms in total. The second-order valence-corrected chi connectivity index (χ2v) is 4.88. The largest absolute Gasteiger partial charge is 0.325 e. The van der Waals surface area contributed by atoms with Crippen LogP contribution in [-0.2, 0) is 13.0 Å². The molecule has 0 saturated carbocycles. The van der Waals surface area contributed by atoms with E-state index < -0.39 is 0 Å². The van der Waals surface area contributed by atoms with Gasteiger partial charge in [0.1, 0.15) is 5.82 Å². The van der Waals surface area contributed by atoms with Gasteiger partial charge in [0.2, 0.25) is 0 Å². The van der Waals surface area contributed by atoms with Crippen LogP contribution >= 0.6 is 23.2 Å². The molecule has 2 N–H and O–H groups in total.